The number of amides is 1. The van der Waals surface area contributed by atoms with Crippen molar-refractivity contribution in [3.8, 4) is 5.69 Å². The second kappa shape index (κ2) is 6.51. The molecule has 1 saturated carbocycles. The molecule has 25 heavy (non-hydrogen) atoms. The number of hydrogen-bond donors (Lipinski definition) is 1. The summed E-state index contributed by atoms with van der Waals surface area (Å²) in [6.45, 7) is 1.96. The highest BCUT2D eigenvalue weighted by Gasteiger charge is 2.23. The summed E-state index contributed by atoms with van der Waals surface area (Å²) in [5.74, 6) is -0.158. The van der Waals surface area contributed by atoms with E-state index in [4.69, 9.17) is 0 Å². The first kappa shape index (κ1) is 15.6. The smallest absolute Gasteiger partial charge is 0.259 e. The Morgan fingerprint density at radius 1 is 1.24 bits per heavy atom. The van der Waals surface area contributed by atoms with E-state index in [1.807, 2.05) is 35.9 Å². The Morgan fingerprint density at radius 3 is 2.80 bits per heavy atom. The molecule has 2 aromatic heterocycles. The molecule has 1 aliphatic carbocycles. The summed E-state index contributed by atoms with van der Waals surface area (Å²) in [4.78, 5) is 12.8. The van der Waals surface area contributed by atoms with Crippen LogP contribution in [0.1, 0.15) is 47.8 Å². The number of nitrogens with one attached hydrogen (secondary N) is 1. The molecular formula is C18H20N6O. The molecule has 1 fully saturated rings. The molecule has 1 N–H and O–H groups in total. The quantitative estimate of drug-likeness (QED) is 0.794. The Morgan fingerprint density at radius 2 is 2.04 bits per heavy atom. The minimum Gasteiger partial charge on any atom is -0.320 e. The van der Waals surface area contributed by atoms with Gasteiger partial charge in [-0.1, -0.05) is 30.2 Å². The normalized spacial score (nSPS) is 14.8. The largest absolute Gasteiger partial charge is 0.320 e. The van der Waals surface area contributed by atoms with Crippen molar-refractivity contribution in [1.82, 2.24) is 24.8 Å². The first-order valence-corrected chi connectivity index (χ1v) is 8.55. The predicted molar refractivity (Wildman–Crippen MR) is 93.8 cm³/mol. The van der Waals surface area contributed by atoms with Crippen molar-refractivity contribution in [3.05, 3.63) is 54.1 Å². The van der Waals surface area contributed by atoms with E-state index in [-0.39, 0.29) is 5.91 Å². The molecule has 128 valence electrons. The number of rotatable bonds is 4. The van der Waals surface area contributed by atoms with Crippen molar-refractivity contribution < 1.29 is 4.79 Å². The van der Waals surface area contributed by atoms with Gasteiger partial charge in [-0.25, -0.2) is 4.68 Å². The third-order valence-electron chi connectivity index (χ3n) is 4.78. The lowest BCUT2D eigenvalue weighted by Gasteiger charge is -2.13. The molecule has 2 heterocycles. The van der Waals surface area contributed by atoms with E-state index in [1.54, 1.807) is 23.3 Å². The number of carbonyl (C=O) groups excluding carboxylic acids is 1. The summed E-state index contributed by atoms with van der Waals surface area (Å²) in [5, 5.41) is 15.3. The van der Waals surface area contributed by atoms with Crippen molar-refractivity contribution in [2.75, 3.05) is 5.32 Å². The molecule has 0 spiro atoms. The van der Waals surface area contributed by atoms with Crippen molar-refractivity contribution in [2.24, 2.45) is 0 Å². The van der Waals surface area contributed by atoms with Crippen LogP contribution in [0.5, 0.6) is 0 Å². The zero-order valence-corrected chi connectivity index (χ0v) is 14.1. The number of nitrogens with zero attached hydrogens (tertiary/aromatic N) is 5. The maximum Gasteiger partial charge on any atom is 0.259 e. The van der Waals surface area contributed by atoms with Gasteiger partial charge in [-0.15, -0.1) is 5.10 Å². The molecule has 0 saturated heterocycles. The monoisotopic (exact) mass is 336 g/mol. The average molecular weight is 336 g/mol. The standard InChI is InChI=1S/C18H20N6O/c1-13-15(12-20-24(13)14-6-2-3-7-14)18(25)21-16-8-4-5-9-17(16)23-11-10-19-22-23/h4-5,8-12,14H,2-3,6-7H2,1H3,(H,21,25). The lowest BCUT2D eigenvalue weighted by molar-refractivity contribution is 0.102. The fourth-order valence-corrected chi connectivity index (χ4v) is 3.47. The minimum absolute atomic E-state index is 0.158. The third-order valence-corrected chi connectivity index (χ3v) is 4.78. The Balaban J connectivity index is 1.59. The summed E-state index contributed by atoms with van der Waals surface area (Å²) in [7, 11) is 0. The van der Waals surface area contributed by atoms with E-state index in [0.29, 0.717) is 17.3 Å². The van der Waals surface area contributed by atoms with Crippen LogP contribution in [0.3, 0.4) is 0 Å². The Hall–Kier alpha value is -2.96. The van der Waals surface area contributed by atoms with Gasteiger partial charge in [-0.2, -0.15) is 5.10 Å². The molecule has 7 heteroatoms. The van der Waals surface area contributed by atoms with Crippen LogP contribution in [0.4, 0.5) is 5.69 Å². The number of benzene rings is 1. The Bertz CT molecular complexity index is 877. The number of hydrogen-bond acceptors (Lipinski definition) is 4. The van der Waals surface area contributed by atoms with Gasteiger partial charge in [0.2, 0.25) is 0 Å². The van der Waals surface area contributed by atoms with E-state index in [1.165, 1.54) is 12.8 Å². The molecule has 0 radical (unpaired) electrons. The summed E-state index contributed by atoms with van der Waals surface area (Å²) in [6, 6.07) is 7.94. The SMILES string of the molecule is Cc1c(C(=O)Nc2ccccc2-n2ccnn2)cnn1C1CCCC1. The highest BCUT2D eigenvalue weighted by atomic mass is 16.1. The molecule has 0 unspecified atom stereocenters. The highest BCUT2D eigenvalue weighted by molar-refractivity contribution is 6.05. The molecule has 1 amide bonds. The van der Waals surface area contributed by atoms with Crippen LogP contribution in [0.2, 0.25) is 0 Å². The van der Waals surface area contributed by atoms with Gasteiger partial charge < -0.3 is 5.32 Å². The van der Waals surface area contributed by atoms with E-state index in [0.717, 1.165) is 24.2 Å². The number of aromatic nitrogens is 5. The van der Waals surface area contributed by atoms with Crippen LogP contribution in [-0.2, 0) is 0 Å². The zero-order chi connectivity index (χ0) is 17.2. The third kappa shape index (κ3) is 2.93. The van der Waals surface area contributed by atoms with Gasteiger partial charge in [-0.3, -0.25) is 9.48 Å². The predicted octanol–water partition coefficient (Wildman–Crippen LogP) is 3.14. The van der Waals surface area contributed by atoms with Crippen LogP contribution >= 0.6 is 0 Å². The second-order valence-corrected chi connectivity index (χ2v) is 6.35. The molecule has 1 aliphatic rings. The molecule has 7 nitrogen and oxygen atoms in total. The van der Waals surface area contributed by atoms with Gasteiger partial charge in [0, 0.05) is 5.69 Å². The summed E-state index contributed by atoms with van der Waals surface area (Å²) in [5.41, 5.74) is 2.99. The average Bonchev–Trinajstić information content (AvgIpc) is 3.37. The molecular weight excluding hydrogens is 316 g/mol. The van der Waals surface area contributed by atoms with Crippen molar-refractivity contribution in [2.45, 2.75) is 38.6 Å². The van der Waals surface area contributed by atoms with Gasteiger partial charge in [0.25, 0.3) is 5.91 Å². The highest BCUT2D eigenvalue weighted by Crippen LogP contribution is 2.30. The molecule has 0 aliphatic heterocycles. The fraction of sp³-hybridized carbons (Fsp3) is 0.333. The topological polar surface area (TPSA) is 77.6 Å². The summed E-state index contributed by atoms with van der Waals surface area (Å²) in [6.07, 6.45) is 9.76. The van der Waals surface area contributed by atoms with E-state index < -0.39 is 0 Å². The van der Waals surface area contributed by atoms with Crippen LogP contribution in [0, 0.1) is 6.92 Å². The lowest BCUT2D eigenvalue weighted by Crippen LogP contribution is -2.16. The first-order valence-electron chi connectivity index (χ1n) is 8.55. The summed E-state index contributed by atoms with van der Waals surface area (Å²) < 4.78 is 3.63. The van der Waals surface area contributed by atoms with Crippen LogP contribution in [0.15, 0.2) is 42.9 Å². The molecule has 0 bridgehead atoms. The summed E-state index contributed by atoms with van der Waals surface area (Å²) >= 11 is 0. The van der Waals surface area contributed by atoms with Crippen molar-refractivity contribution >= 4 is 11.6 Å². The zero-order valence-electron chi connectivity index (χ0n) is 14.1. The van der Waals surface area contributed by atoms with E-state index >= 15 is 0 Å². The fourth-order valence-electron chi connectivity index (χ4n) is 3.47. The van der Waals surface area contributed by atoms with Crippen LogP contribution in [0.25, 0.3) is 5.69 Å². The first-order chi connectivity index (χ1) is 12.2. The van der Waals surface area contributed by atoms with Crippen molar-refractivity contribution in [3.63, 3.8) is 0 Å². The molecule has 4 rings (SSSR count). The maximum absolute atomic E-state index is 12.8. The van der Waals surface area contributed by atoms with E-state index in [2.05, 4.69) is 20.7 Å². The molecule has 1 aromatic carbocycles. The van der Waals surface area contributed by atoms with Crippen molar-refractivity contribution in [1.29, 1.82) is 0 Å². The number of para-hydroxylation sites is 2. The van der Waals surface area contributed by atoms with Gasteiger partial charge in [0.15, 0.2) is 0 Å². The second-order valence-electron chi connectivity index (χ2n) is 6.35. The van der Waals surface area contributed by atoms with Gasteiger partial charge in [-0.05, 0) is 31.9 Å². The minimum atomic E-state index is -0.158. The molecule has 0 atom stereocenters. The van der Waals surface area contributed by atoms with Gasteiger partial charge in [0.1, 0.15) is 0 Å². The van der Waals surface area contributed by atoms with Crippen LogP contribution < -0.4 is 5.32 Å². The molecule has 3 aromatic rings. The van der Waals surface area contributed by atoms with Gasteiger partial charge >= 0.3 is 0 Å². The Kier molecular flexibility index (Phi) is 4.05. The number of carbonyl (C=O) groups is 1. The maximum atomic E-state index is 12.8. The van der Waals surface area contributed by atoms with Crippen LogP contribution in [-0.4, -0.2) is 30.7 Å². The van der Waals surface area contributed by atoms with Gasteiger partial charge in [0.05, 0.1) is 41.6 Å². The Labute approximate surface area is 145 Å². The lowest BCUT2D eigenvalue weighted by atomic mass is 10.2. The van der Waals surface area contributed by atoms with E-state index in [9.17, 15) is 4.79 Å². The number of anilines is 1.